The molecule has 1 aliphatic rings. The minimum atomic E-state index is 0. The summed E-state index contributed by atoms with van der Waals surface area (Å²) in [5.41, 5.74) is 4.46. The molecule has 0 radical (unpaired) electrons. The normalized spacial score (nSPS) is 13.8. The van der Waals surface area contributed by atoms with Gasteiger partial charge in [0.15, 0.2) is 11.5 Å². The van der Waals surface area contributed by atoms with E-state index in [1.54, 1.807) is 20.4 Å². The molecule has 200 valence electrons. The highest BCUT2D eigenvalue weighted by Crippen LogP contribution is 2.34. The number of aromatic amines is 1. The van der Waals surface area contributed by atoms with Crippen LogP contribution < -0.4 is 14.4 Å². The SMILES string of the molecule is COc1cc2c(CCN3CCN(c4cccc(Cl)c4C)CC3)nn(Cc3ncc[nH]3)c2cc1OC.Cl.Cl. The minimum absolute atomic E-state index is 0. The van der Waals surface area contributed by atoms with Crippen LogP contribution in [0.5, 0.6) is 11.5 Å². The van der Waals surface area contributed by atoms with Gasteiger partial charge in [0.25, 0.3) is 0 Å². The van der Waals surface area contributed by atoms with Gasteiger partial charge in [0.2, 0.25) is 0 Å². The van der Waals surface area contributed by atoms with Crippen molar-refractivity contribution in [2.75, 3.05) is 51.8 Å². The van der Waals surface area contributed by atoms with Gasteiger partial charge in [-0.05, 0) is 30.7 Å². The first-order valence-electron chi connectivity index (χ1n) is 11.9. The fraction of sp³-hybridized carbons (Fsp3) is 0.385. The third-order valence-corrected chi connectivity index (χ3v) is 7.21. The van der Waals surface area contributed by atoms with E-state index in [4.69, 9.17) is 26.2 Å². The maximum absolute atomic E-state index is 6.35. The van der Waals surface area contributed by atoms with Gasteiger partial charge in [-0.2, -0.15) is 5.10 Å². The summed E-state index contributed by atoms with van der Waals surface area (Å²) in [6, 6.07) is 10.2. The van der Waals surface area contributed by atoms with Crippen LogP contribution in [-0.4, -0.2) is 71.6 Å². The van der Waals surface area contributed by atoms with E-state index in [-0.39, 0.29) is 24.8 Å². The van der Waals surface area contributed by atoms with E-state index in [1.165, 1.54) is 5.69 Å². The number of nitrogens with zero attached hydrogens (tertiary/aromatic N) is 5. The van der Waals surface area contributed by atoms with E-state index in [1.807, 2.05) is 35.1 Å². The van der Waals surface area contributed by atoms with E-state index in [9.17, 15) is 0 Å². The van der Waals surface area contributed by atoms with Gasteiger partial charge in [-0.25, -0.2) is 4.98 Å². The zero-order chi connectivity index (χ0) is 24.4. The lowest BCUT2D eigenvalue weighted by molar-refractivity contribution is 0.260. The van der Waals surface area contributed by atoms with Crippen molar-refractivity contribution in [1.29, 1.82) is 0 Å². The maximum Gasteiger partial charge on any atom is 0.162 e. The summed E-state index contributed by atoms with van der Waals surface area (Å²) in [5.74, 6) is 2.27. The van der Waals surface area contributed by atoms with E-state index in [0.29, 0.717) is 18.0 Å². The number of methoxy groups -OCH3 is 2. The second-order valence-corrected chi connectivity index (χ2v) is 9.23. The number of aromatic nitrogens is 4. The Hall–Kier alpha value is -2.65. The molecular weight excluding hydrogens is 535 g/mol. The lowest BCUT2D eigenvalue weighted by Crippen LogP contribution is -2.47. The standard InChI is InChI=1S/C26H31ClN6O2.2ClH/c1-18-20(27)5-4-6-22(18)32-13-11-31(12-14-32)10-7-21-19-15-24(34-2)25(35-3)16-23(19)33(30-21)17-26-28-8-9-29-26;;/h4-6,8-9,15-16H,7,10-14,17H2,1-3H3,(H,28,29);2*1H. The Morgan fingerprint density at radius 2 is 1.76 bits per heavy atom. The number of imidazole rings is 1. The van der Waals surface area contributed by atoms with Crippen molar-refractivity contribution < 1.29 is 9.47 Å². The molecule has 8 nitrogen and oxygen atoms in total. The van der Waals surface area contributed by atoms with Crippen molar-refractivity contribution in [1.82, 2.24) is 24.6 Å². The summed E-state index contributed by atoms with van der Waals surface area (Å²) in [4.78, 5) is 12.5. The van der Waals surface area contributed by atoms with E-state index in [2.05, 4.69) is 32.8 Å². The molecule has 3 heterocycles. The summed E-state index contributed by atoms with van der Waals surface area (Å²) in [5, 5.41) is 6.89. The Bertz CT molecular complexity index is 1300. The number of halogens is 3. The molecule has 2 aromatic heterocycles. The minimum Gasteiger partial charge on any atom is -0.493 e. The highest BCUT2D eigenvalue weighted by molar-refractivity contribution is 6.31. The van der Waals surface area contributed by atoms with Gasteiger partial charge >= 0.3 is 0 Å². The number of nitrogens with one attached hydrogen (secondary N) is 1. The molecule has 1 N–H and O–H groups in total. The highest BCUT2D eigenvalue weighted by Gasteiger charge is 2.21. The molecule has 0 bridgehead atoms. The van der Waals surface area contributed by atoms with E-state index in [0.717, 1.165) is 72.2 Å². The summed E-state index contributed by atoms with van der Waals surface area (Å²) in [6.07, 6.45) is 4.44. The maximum atomic E-state index is 6.35. The quantitative estimate of drug-likeness (QED) is 0.323. The smallest absolute Gasteiger partial charge is 0.162 e. The van der Waals surface area contributed by atoms with Gasteiger partial charge in [0.05, 0.1) is 32.0 Å². The average Bonchev–Trinajstić information content (AvgIpc) is 3.52. The largest absolute Gasteiger partial charge is 0.493 e. The van der Waals surface area contributed by atoms with Crippen LogP contribution in [0.4, 0.5) is 5.69 Å². The van der Waals surface area contributed by atoms with Gasteiger partial charge < -0.3 is 19.4 Å². The second kappa shape index (κ2) is 12.7. The van der Waals surface area contributed by atoms with Crippen molar-refractivity contribution in [3.05, 3.63) is 64.8 Å². The highest BCUT2D eigenvalue weighted by atomic mass is 35.5. The Labute approximate surface area is 234 Å². The molecule has 0 unspecified atom stereocenters. The molecule has 1 fully saturated rings. The van der Waals surface area contributed by atoms with Crippen LogP contribution in [0.1, 0.15) is 17.1 Å². The zero-order valence-corrected chi connectivity index (χ0v) is 23.6. The van der Waals surface area contributed by atoms with Crippen molar-refractivity contribution >= 4 is 53.0 Å². The third kappa shape index (κ3) is 6.09. The van der Waals surface area contributed by atoms with Crippen molar-refractivity contribution in [3.8, 4) is 11.5 Å². The number of H-pyrrole nitrogens is 1. The Morgan fingerprint density at radius 1 is 1.03 bits per heavy atom. The summed E-state index contributed by atoms with van der Waals surface area (Å²) >= 11 is 6.35. The first kappa shape index (κ1) is 28.9. The van der Waals surface area contributed by atoms with E-state index >= 15 is 0 Å². The Morgan fingerprint density at radius 3 is 2.43 bits per heavy atom. The average molecular weight is 568 g/mol. The lowest BCUT2D eigenvalue weighted by Gasteiger charge is -2.36. The van der Waals surface area contributed by atoms with Crippen LogP contribution in [0.25, 0.3) is 10.9 Å². The number of ether oxygens (including phenoxy) is 2. The Balaban J connectivity index is 0.00000190. The number of hydrogen-bond donors (Lipinski definition) is 1. The van der Waals surface area contributed by atoms with Crippen LogP contribution in [0.2, 0.25) is 5.02 Å². The van der Waals surface area contributed by atoms with Crippen molar-refractivity contribution in [3.63, 3.8) is 0 Å². The monoisotopic (exact) mass is 566 g/mol. The number of anilines is 1. The van der Waals surface area contributed by atoms with Crippen LogP contribution in [0.15, 0.2) is 42.7 Å². The first-order valence-corrected chi connectivity index (χ1v) is 12.3. The third-order valence-electron chi connectivity index (χ3n) is 6.80. The van der Waals surface area contributed by atoms with Gasteiger partial charge in [-0.3, -0.25) is 9.58 Å². The molecule has 0 aliphatic carbocycles. The fourth-order valence-electron chi connectivity index (χ4n) is 4.81. The summed E-state index contributed by atoms with van der Waals surface area (Å²) in [6.45, 7) is 7.60. The first-order chi connectivity index (χ1) is 17.1. The molecule has 0 atom stereocenters. The molecule has 1 saturated heterocycles. The molecule has 11 heteroatoms. The number of piperazine rings is 1. The lowest BCUT2D eigenvalue weighted by atomic mass is 10.1. The van der Waals surface area contributed by atoms with Crippen LogP contribution in [0, 0.1) is 6.92 Å². The van der Waals surface area contributed by atoms with Gasteiger partial charge in [-0.15, -0.1) is 24.8 Å². The fourth-order valence-corrected chi connectivity index (χ4v) is 4.98. The van der Waals surface area contributed by atoms with Crippen LogP contribution in [-0.2, 0) is 13.0 Å². The molecule has 0 saturated carbocycles. The molecule has 2 aromatic carbocycles. The summed E-state index contributed by atoms with van der Waals surface area (Å²) in [7, 11) is 3.32. The molecule has 0 spiro atoms. The molecule has 5 rings (SSSR count). The van der Waals surface area contributed by atoms with Gasteiger partial charge in [0, 0.05) is 73.7 Å². The topological polar surface area (TPSA) is 71.4 Å². The number of hydrogen-bond acceptors (Lipinski definition) is 6. The molecule has 4 aromatic rings. The predicted molar refractivity (Wildman–Crippen MR) is 154 cm³/mol. The zero-order valence-electron chi connectivity index (χ0n) is 21.2. The van der Waals surface area contributed by atoms with Crippen LogP contribution in [0.3, 0.4) is 0 Å². The summed E-state index contributed by atoms with van der Waals surface area (Å²) < 4.78 is 13.1. The Kier molecular flexibility index (Phi) is 9.95. The molecule has 1 aliphatic heterocycles. The van der Waals surface area contributed by atoms with E-state index < -0.39 is 0 Å². The number of benzene rings is 2. The molecular formula is C26H33Cl3N6O2. The molecule has 0 amide bonds. The van der Waals surface area contributed by atoms with Gasteiger partial charge in [0.1, 0.15) is 5.82 Å². The number of fused-ring (bicyclic) bond motifs is 1. The molecule has 37 heavy (non-hydrogen) atoms. The number of rotatable bonds is 8. The van der Waals surface area contributed by atoms with Crippen molar-refractivity contribution in [2.24, 2.45) is 0 Å². The second-order valence-electron chi connectivity index (χ2n) is 8.83. The van der Waals surface area contributed by atoms with Crippen molar-refractivity contribution in [2.45, 2.75) is 19.9 Å². The van der Waals surface area contributed by atoms with Gasteiger partial charge in [-0.1, -0.05) is 17.7 Å². The van der Waals surface area contributed by atoms with Crippen LogP contribution >= 0.6 is 36.4 Å². The predicted octanol–water partition coefficient (Wildman–Crippen LogP) is 5.00.